The molecule has 5 nitrogen and oxygen atoms in total. The molecule has 2 aromatic carbocycles. The standard InChI is InChI=1S/C20H21N5S/c1-3-18-19(4-2)26-20(22-18)25-23(16-11-7-5-8-12-16)15-21-24(25)17-13-9-6-10-14-17/h5-15H,3-4H2,1-2H3/p+1. The number of nitrogens with zero attached hydrogens (tertiary/aromatic N) is 4. The molecule has 0 bridgehead atoms. The van der Waals surface area contributed by atoms with E-state index in [2.05, 4.69) is 53.3 Å². The molecular formula is C20H22N5S+. The van der Waals surface area contributed by atoms with Crippen LogP contribution in [0.15, 0.2) is 60.7 Å². The molecule has 0 atom stereocenters. The fraction of sp³-hybridized carbons (Fsp3) is 0.200. The molecule has 0 spiro atoms. The maximum Gasteiger partial charge on any atom is 0.288 e. The van der Waals surface area contributed by atoms with Crippen LogP contribution in [0.5, 0.6) is 0 Å². The van der Waals surface area contributed by atoms with Crippen molar-refractivity contribution in [3.05, 3.63) is 71.2 Å². The minimum Gasteiger partial charge on any atom is -0.220 e. The van der Waals surface area contributed by atoms with Crippen molar-refractivity contribution in [3.8, 4) is 0 Å². The first-order chi connectivity index (χ1) is 12.8. The summed E-state index contributed by atoms with van der Waals surface area (Å²) in [6, 6.07) is 20.6. The van der Waals surface area contributed by atoms with Gasteiger partial charge < -0.3 is 0 Å². The van der Waals surface area contributed by atoms with Gasteiger partial charge in [-0.15, -0.1) is 0 Å². The summed E-state index contributed by atoms with van der Waals surface area (Å²) in [5.74, 6) is 0. The number of aryl methyl sites for hydroxylation is 2. The zero-order chi connectivity index (χ0) is 17.9. The van der Waals surface area contributed by atoms with Gasteiger partial charge >= 0.3 is 0 Å². The highest BCUT2D eigenvalue weighted by Gasteiger charge is 2.35. The van der Waals surface area contributed by atoms with Gasteiger partial charge in [0.2, 0.25) is 0 Å². The first kappa shape index (κ1) is 16.6. The normalized spacial score (nSPS) is 13.7. The molecule has 3 aromatic rings. The predicted octanol–water partition coefficient (Wildman–Crippen LogP) is 4.30. The van der Waals surface area contributed by atoms with E-state index < -0.39 is 0 Å². The van der Waals surface area contributed by atoms with Gasteiger partial charge in [-0.1, -0.05) is 71.4 Å². The van der Waals surface area contributed by atoms with Gasteiger partial charge in [0, 0.05) is 4.88 Å². The molecule has 0 amide bonds. The number of nitrogens with one attached hydrogen (secondary N) is 1. The Labute approximate surface area is 157 Å². The largest absolute Gasteiger partial charge is 0.288 e. The molecule has 1 N–H and O–H groups in total. The quantitative estimate of drug-likeness (QED) is 0.685. The molecule has 0 unspecified atom stereocenters. The number of anilines is 2. The van der Waals surface area contributed by atoms with E-state index in [-0.39, 0.29) is 0 Å². The molecule has 1 aromatic heterocycles. The molecule has 0 aliphatic carbocycles. The average molecular weight is 364 g/mol. The van der Waals surface area contributed by atoms with E-state index in [1.807, 2.05) is 47.9 Å². The van der Waals surface area contributed by atoms with Crippen LogP contribution in [-0.4, -0.2) is 16.0 Å². The predicted molar refractivity (Wildman–Crippen MR) is 108 cm³/mol. The van der Waals surface area contributed by atoms with Gasteiger partial charge in [-0.3, -0.25) is 0 Å². The van der Waals surface area contributed by atoms with E-state index in [1.54, 1.807) is 11.3 Å². The molecule has 4 rings (SSSR count). The minimum atomic E-state index is 0.946. The Hall–Kier alpha value is -2.86. The summed E-state index contributed by atoms with van der Waals surface area (Å²) in [7, 11) is 0. The lowest BCUT2D eigenvalue weighted by molar-refractivity contribution is -0.444. The first-order valence-corrected chi connectivity index (χ1v) is 9.71. The van der Waals surface area contributed by atoms with Crippen LogP contribution in [0.25, 0.3) is 0 Å². The lowest BCUT2D eigenvalue weighted by Crippen LogP contribution is -2.46. The molecule has 1 aliphatic heterocycles. The van der Waals surface area contributed by atoms with E-state index >= 15 is 0 Å². The van der Waals surface area contributed by atoms with Gasteiger partial charge in [-0.05, 0) is 42.2 Å². The Kier molecular flexibility index (Phi) is 4.58. The molecule has 6 heteroatoms. The molecule has 1 aliphatic rings. The van der Waals surface area contributed by atoms with E-state index in [9.17, 15) is 0 Å². The number of rotatable bonds is 5. The van der Waals surface area contributed by atoms with Crippen LogP contribution in [0, 0.1) is 0 Å². The zero-order valence-electron chi connectivity index (χ0n) is 15.0. The van der Waals surface area contributed by atoms with Crippen molar-refractivity contribution < 1.29 is 4.68 Å². The minimum absolute atomic E-state index is 0.946. The fourth-order valence-electron chi connectivity index (χ4n) is 3.02. The summed E-state index contributed by atoms with van der Waals surface area (Å²) in [6.45, 7) is 4.35. The van der Waals surface area contributed by atoms with E-state index in [0.717, 1.165) is 29.3 Å². The number of hydrogen-bond donors (Lipinski definition) is 1. The zero-order valence-corrected chi connectivity index (χ0v) is 15.8. The topological polar surface area (TPSA) is 34.4 Å². The van der Waals surface area contributed by atoms with Crippen LogP contribution < -0.4 is 15.7 Å². The van der Waals surface area contributed by atoms with Crippen molar-refractivity contribution >= 4 is 34.2 Å². The van der Waals surface area contributed by atoms with Crippen LogP contribution in [0.2, 0.25) is 0 Å². The fourth-order valence-corrected chi connectivity index (χ4v) is 4.10. The smallest absolute Gasteiger partial charge is 0.220 e. The highest BCUT2D eigenvalue weighted by Crippen LogP contribution is 2.33. The third kappa shape index (κ3) is 2.93. The Morgan fingerprint density at radius 2 is 1.65 bits per heavy atom. The van der Waals surface area contributed by atoms with Gasteiger partial charge in [-0.2, -0.15) is 5.43 Å². The number of hydrazine groups is 3. The second-order valence-corrected chi connectivity index (χ2v) is 7.01. The molecule has 132 valence electrons. The molecule has 26 heavy (non-hydrogen) atoms. The van der Waals surface area contributed by atoms with Crippen molar-refractivity contribution in [2.45, 2.75) is 26.7 Å². The van der Waals surface area contributed by atoms with Crippen LogP contribution in [0.3, 0.4) is 0 Å². The average Bonchev–Trinajstić information content (AvgIpc) is 3.33. The Bertz CT molecular complexity index is 883. The maximum absolute atomic E-state index is 4.93. The summed E-state index contributed by atoms with van der Waals surface area (Å²) < 4.78 is 2.09. The Morgan fingerprint density at radius 1 is 0.962 bits per heavy atom. The van der Waals surface area contributed by atoms with Crippen molar-refractivity contribution in [2.75, 3.05) is 10.2 Å². The van der Waals surface area contributed by atoms with Crippen LogP contribution >= 0.6 is 11.3 Å². The number of hydrazone groups is 1. The molecule has 2 heterocycles. The van der Waals surface area contributed by atoms with Gasteiger partial charge in [0.1, 0.15) is 5.69 Å². The van der Waals surface area contributed by atoms with Gasteiger partial charge in [-0.25, -0.2) is 4.98 Å². The first-order valence-electron chi connectivity index (χ1n) is 8.89. The monoisotopic (exact) mass is 364 g/mol. The maximum atomic E-state index is 4.93. The SMILES string of the molecule is CCc1nc(N2N(c3ccccc3)NC=[N+]2c2ccccc2)sc1CC. The van der Waals surface area contributed by atoms with Crippen LogP contribution in [0.4, 0.5) is 16.5 Å². The van der Waals surface area contributed by atoms with Crippen molar-refractivity contribution in [3.63, 3.8) is 0 Å². The van der Waals surface area contributed by atoms with Gasteiger partial charge in [0.25, 0.3) is 11.5 Å². The highest BCUT2D eigenvalue weighted by atomic mass is 32.1. The number of benzene rings is 2. The number of aromatic nitrogens is 1. The molecular weight excluding hydrogens is 342 g/mol. The van der Waals surface area contributed by atoms with Crippen LogP contribution in [-0.2, 0) is 12.8 Å². The van der Waals surface area contributed by atoms with E-state index in [4.69, 9.17) is 4.98 Å². The molecule has 0 radical (unpaired) electrons. The van der Waals surface area contributed by atoms with Crippen molar-refractivity contribution in [1.82, 2.24) is 10.4 Å². The lowest BCUT2D eigenvalue weighted by Gasteiger charge is -2.23. The number of para-hydroxylation sites is 2. The third-order valence-corrected chi connectivity index (χ3v) is 5.52. The molecule has 0 saturated carbocycles. The summed E-state index contributed by atoms with van der Waals surface area (Å²) in [6.07, 6.45) is 3.91. The summed E-state index contributed by atoms with van der Waals surface area (Å²) in [4.78, 5) is 6.28. The Morgan fingerprint density at radius 3 is 2.27 bits per heavy atom. The number of hydrogen-bond acceptors (Lipinski definition) is 5. The Balaban J connectivity index is 1.80. The summed E-state index contributed by atoms with van der Waals surface area (Å²) in [5, 5.41) is 5.06. The van der Waals surface area contributed by atoms with E-state index in [1.165, 1.54) is 10.6 Å². The second kappa shape index (κ2) is 7.17. The van der Waals surface area contributed by atoms with Gasteiger partial charge in [0.15, 0.2) is 5.69 Å². The lowest BCUT2D eigenvalue weighted by atomic mass is 10.2. The number of thiazole rings is 1. The molecule has 0 fully saturated rings. The summed E-state index contributed by atoms with van der Waals surface area (Å²) >= 11 is 1.75. The molecule has 0 saturated heterocycles. The van der Waals surface area contributed by atoms with Gasteiger partial charge in [0.05, 0.1) is 5.69 Å². The summed E-state index contributed by atoms with van der Waals surface area (Å²) in [5.41, 5.74) is 6.67. The van der Waals surface area contributed by atoms with Crippen molar-refractivity contribution in [2.24, 2.45) is 0 Å². The van der Waals surface area contributed by atoms with Crippen LogP contribution in [0.1, 0.15) is 24.4 Å². The van der Waals surface area contributed by atoms with Crippen molar-refractivity contribution in [1.29, 1.82) is 0 Å². The second-order valence-electron chi connectivity index (χ2n) is 5.95. The highest BCUT2D eigenvalue weighted by molar-refractivity contribution is 7.15. The third-order valence-electron chi connectivity index (χ3n) is 4.31. The van der Waals surface area contributed by atoms with E-state index in [0.29, 0.717) is 0 Å².